The number of aliphatic hydroxyl groups is 1. The van der Waals surface area contributed by atoms with E-state index in [1.807, 2.05) is 0 Å². The Kier molecular flexibility index (Phi) is 9.09. The number of amides is 3. The number of hydrogen-bond acceptors (Lipinski definition) is 7. The molecule has 42 heavy (non-hydrogen) atoms. The molecule has 5 atom stereocenters. The lowest BCUT2D eigenvalue weighted by Crippen LogP contribution is -2.56. The van der Waals surface area contributed by atoms with Crippen LogP contribution in [-0.4, -0.2) is 62.0 Å². The van der Waals surface area contributed by atoms with Crippen LogP contribution in [0, 0.1) is 29.3 Å². The van der Waals surface area contributed by atoms with Gasteiger partial charge in [-0.1, -0.05) is 11.6 Å². The third-order valence-electron chi connectivity index (χ3n) is 8.01. The molecule has 2 bridgehead atoms. The van der Waals surface area contributed by atoms with Gasteiger partial charge < -0.3 is 25.8 Å². The highest BCUT2D eigenvalue weighted by atomic mass is 35.5. The molecule has 0 radical (unpaired) electrons. The Morgan fingerprint density at radius 1 is 1.10 bits per heavy atom. The molecule has 3 amide bonds. The van der Waals surface area contributed by atoms with Gasteiger partial charge in [0.1, 0.15) is 6.04 Å². The van der Waals surface area contributed by atoms with Crippen molar-refractivity contribution in [3.05, 3.63) is 58.4 Å². The third-order valence-corrected chi connectivity index (χ3v) is 10.7. The van der Waals surface area contributed by atoms with E-state index in [9.17, 15) is 41.1 Å². The number of fused-ring (bicyclic) bond motifs is 2. The van der Waals surface area contributed by atoms with Crippen LogP contribution in [0.25, 0.3) is 0 Å². The van der Waals surface area contributed by atoms with Gasteiger partial charge in [0.15, 0.2) is 27.3 Å². The van der Waals surface area contributed by atoms with Crippen LogP contribution in [-0.2, 0) is 19.4 Å². The van der Waals surface area contributed by atoms with Gasteiger partial charge in [0, 0.05) is 29.9 Å². The van der Waals surface area contributed by atoms with E-state index in [0.29, 0.717) is 25.0 Å². The SMILES string of the molecule is COC(=O)N[C@H](C)C(=O)NCC1(O)C2CC[C@H]1CC(S(=O)(=O)c1cc(C(=O)Nc3cc(F)c(F)c(F)c3)ccc1Cl)C2. The van der Waals surface area contributed by atoms with Crippen molar-refractivity contribution in [3.8, 4) is 0 Å². The Labute approximate surface area is 244 Å². The number of benzene rings is 2. The van der Waals surface area contributed by atoms with Crippen LogP contribution in [0.2, 0.25) is 5.02 Å². The average Bonchev–Trinajstić information content (AvgIpc) is 3.09. The van der Waals surface area contributed by atoms with E-state index in [4.69, 9.17) is 11.6 Å². The van der Waals surface area contributed by atoms with Crippen molar-refractivity contribution < 1.29 is 45.8 Å². The Bertz CT molecular complexity index is 1490. The van der Waals surface area contributed by atoms with Crippen molar-refractivity contribution in [2.75, 3.05) is 19.0 Å². The Balaban J connectivity index is 1.48. The largest absolute Gasteiger partial charge is 0.453 e. The molecule has 15 heteroatoms. The third kappa shape index (κ3) is 6.20. The number of carbonyl (C=O) groups excluding carboxylic acids is 3. The predicted octanol–water partition coefficient (Wildman–Crippen LogP) is 3.56. The van der Waals surface area contributed by atoms with Crippen molar-refractivity contribution in [1.29, 1.82) is 0 Å². The summed E-state index contributed by atoms with van der Waals surface area (Å²) in [6.45, 7) is 1.31. The maximum absolute atomic E-state index is 13.7. The fourth-order valence-corrected chi connectivity index (χ4v) is 8.11. The number of hydrogen-bond donors (Lipinski definition) is 4. The van der Waals surface area contributed by atoms with Crippen molar-refractivity contribution in [1.82, 2.24) is 10.6 Å². The van der Waals surface area contributed by atoms with Gasteiger partial charge in [-0.2, -0.15) is 0 Å². The maximum Gasteiger partial charge on any atom is 0.407 e. The van der Waals surface area contributed by atoms with Gasteiger partial charge in [0.05, 0.1) is 27.9 Å². The second kappa shape index (κ2) is 12.1. The molecular weight excluding hydrogens is 603 g/mol. The number of halogens is 4. The summed E-state index contributed by atoms with van der Waals surface area (Å²) in [7, 11) is -2.96. The molecule has 2 aromatic carbocycles. The number of ether oxygens (including phenoxy) is 1. The van der Waals surface area contributed by atoms with E-state index in [0.717, 1.165) is 13.2 Å². The summed E-state index contributed by atoms with van der Waals surface area (Å²) in [4.78, 5) is 36.2. The minimum absolute atomic E-state index is 0.0715. The quantitative estimate of drug-likeness (QED) is 0.325. The first-order valence-corrected chi connectivity index (χ1v) is 14.9. The van der Waals surface area contributed by atoms with Gasteiger partial charge in [0.25, 0.3) is 5.91 Å². The normalized spacial score (nSPS) is 24.0. The van der Waals surface area contributed by atoms with Crippen LogP contribution >= 0.6 is 11.6 Å². The molecule has 2 aliphatic carbocycles. The summed E-state index contributed by atoms with van der Waals surface area (Å²) in [6.07, 6.45) is 0.407. The van der Waals surface area contributed by atoms with Crippen LogP contribution in [0.15, 0.2) is 35.2 Å². The van der Waals surface area contributed by atoms with Crippen LogP contribution in [0.4, 0.5) is 23.7 Å². The first kappa shape index (κ1) is 31.6. The lowest BCUT2D eigenvalue weighted by molar-refractivity contribution is -0.125. The summed E-state index contributed by atoms with van der Waals surface area (Å²) < 4.78 is 72.3. The smallest absolute Gasteiger partial charge is 0.407 e. The van der Waals surface area contributed by atoms with E-state index in [1.54, 1.807) is 0 Å². The fraction of sp³-hybridized carbons (Fsp3) is 0.444. The van der Waals surface area contributed by atoms with Crippen LogP contribution in [0.3, 0.4) is 0 Å². The maximum atomic E-state index is 13.7. The summed E-state index contributed by atoms with van der Waals surface area (Å²) >= 11 is 6.24. The van der Waals surface area contributed by atoms with Crippen molar-refractivity contribution >= 4 is 45.0 Å². The van der Waals surface area contributed by atoms with Crippen LogP contribution < -0.4 is 16.0 Å². The molecule has 0 aromatic heterocycles. The van der Waals surface area contributed by atoms with E-state index < -0.39 is 73.9 Å². The van der Waals surface area contributed by atoms with Gasteiger partial charge in [-0.05, 0) is 62.6 Å². The highest BCUT2D eigenvalue weighted by molar-refractivity contribution is 7.92. The van der Waals surface area contributed by atoms with Gasteiger partial charge in [-0.3, -0.25) is 9.59 Å². The minimum Gasteiger partial charge on any atom is -0.453 e. The fourth-order valence-electron chi connectivity index (χ4n) is 5.71. The summed E-state index contributed by atoms with van der Waals surface area (Å²) in [5.74, 6) is -7.10. The van der Waals surface area contributed by atoms with Gasteiger partial charge in [0.2, 0.25) is 5.91 Å². The number of methoxy groups -OCH3 is 1. The van der Waals surface area contributed by atoms with Gasteiger partial charge >= 0.3 is 6.09 Å². The summed E-state index contributed by atoms with van der Waals surface area (Å²) in [5, 5.41) is 17.5. The standard InChI is InChI=1S/C27H29ClF3N3O7S/c1-13(33-26(37)41-2)24(35)32-12-27(38)15-4-5-16(27)9-18(8-15)42(39,40)22-7-14(3-6-19(22)28)25(36)34-17-10-20(29)23(31)21(30)11-17/h3,6-7,10-11,13,15-16,18,38H,4-5,8-9,12H2,1-2H3,(H,32,35)(H,33,37)(H,34,36)/t13-,15+,16?,18?,27?/m1/s1. The molecular formula is C27H29ClF3N3O7S. The van der Waals surface area contributed by atoms with Crippen LogP contribution in [0.5, 0.6) is 0 Å². The average molecular weight is 632 g/mol. The molecule has 4 N–H and O–H groups in total. The first-order chi connectivity index (χ1) is 19.7. The molecule has 2 saturated carbocycles. The van der Waals surface area contributed by atoms with Gasteiger partial charge in [-0.25, -0.2) is 26.4 Å². The number of carbonyl (C=O) groups is 3. The number of alkyl carbamates (subject to hydrolysis) is 1. The second-order valence-electron chi connectivity index (χ2n) is 10.5. The molecule has 0 saturated heterocycles. The van der Waals surface area contributed by atoms with Crippen LogP contribution in [0.1, 0.15) is 43.0 Å². The molecule has 2 fully saturated rings. The molecule has 2 aliphatic rings. The highest BCUT2D eigenvalue weighted by Gasteiger charge is 2.55. The van der Waals surface area contributed by atoms with E-state index >= 15 is 0 Å². The molecule has 0 heterocycles. The zero-order chi connectivity index (χ0) is 31.0. The lowest BCUT2D eigenvalue weighted by Gasteiger charge is -2.42. The number of nitrogens with one attached hydrogen (secondary N) is 3. The molecule has 228 valence electrons. The summed E-state index contributed by atoms with van der Waals surface area (Å²) in [5.41, 5.74) is -1.91. The van der Waals surface area contributed by atoms with E-state index in [2.05, 4.69) is 20.7 Å². The zero-order valence-corrected chi connectivity index (χ0v) is 24.1. The Morgan fingerprint density at radius 2 is 1.69 bits per heavy atom. The lowest BCUT2D eigenvalue weighted by atomic mass is 9.74. The topological polar surface area (TPSA) is 151 Å². The molecule has 10 nitrogen and oxygen atoms in total. The van der Waals surface area contributed by atoms with Crippen molar-refractivity contribution in [2.45, 2.75) is 54.4 Å². The molecule has 3 unspecified atom stereocenters. The second-order valence-corrected chi connectivity index (χ2v) is 13.1. The van der Waals surface area contributed by atoms with Crippen molar-refractivity contribution in [2.24, 2.45) is 11.8 Å². The minimum atomic E-state index is -4.12. The number of sulfone groups is 1. The van der Waals surface area contributed by atoms with E-state index in [1.165, 1.54) is 19.1 Å². The molecule has 0 spiro atoms. The van der Waals surface area contributed by atoms with E-state index in [-0.39, 0.29) is 40.6 Å². The van der Waals surface area contributed by atoms with Crippen molar-refractivity contribution in [3.63, 3.8) is 0 Å². The molecule has 0 aliphatic heterocycles. The highest BCUT2D eigenvalue weighted by Crippen LogP contribution is 2.52. The number of rotatable bonds is 8. The Hall–Kier alpha value is -3.36. The first-order valence-electron chi connectivity index (χ1n) is 13.0. The molecule has 2 aromatic rings. The predicted molar refractivity (Wildman–Crippen MR) is 145 cm³/mol. The molecule has 4 rings (SSSR count). The van der Waals surface area contributed by atoms with Gasteiger partial charge in [-0.15, -0.1) is 0 Å². The monoisotopic (exact) mass is 631 g/mol. The Morgan fingerprint density at radius 3 is 2.26 bits per heavy atom. The summed E-state index contributed by atoms with van der Waals surface area (Å²) in [6, 6.07) is 3.74. The number of anilines is 1. The zero-order valence-electron chi connectivity index (χ0n) is 22.5.